The Morgan fingerprint density at radius 1 is 1.16 bits per heavy atom. The van der Waals surface area contributed by atoms with Crippen molar-refractivity contribution < 1.29 is 34.4 Å². The van der Waals surface area contributed by atoms with Gasteiger partial charge in [0.2, 0.25) is 0 Å². The van der Waals surface area contributed by atoms with Gasteiger partial charge in [-0.2, -0.15) is 0 Å². The van der Waals surface area contributed by atoms with E-state index < -0.39 is 58.9 Å². The van der Waals surface area contributed by atoms with Crippen LogP contribution in [0.3, 0.4) is 0 Å². The van der Waals surface area contributed by atoms with Gasteiger partial charge in [0.25, 0.3) is 0 Å². The number of alkyl carbamates (subject to hydrolysis) is 1. The number of rotatable bonds is 6. The lowest BCUT2D eigenvalue weighted by molar-refractivity contribution is -0.150. The van der Waals surface area contributed by atoms with Gasteiger partial charge >= 0.3 is 18.0 Å². The van der Waals surface area contributed by atoms with Crippen molar-refractivity contribution >= 4 is 29.8 Å². The lowest BCUT2D eigenvalue weighted by Gasteiger charge is -2.37. The number of carbonyl (C=O) groups is 3. The second-order valence-corrected chi connectivity index (χ2v) is 10.5. The first-order chi connectivity index (χ1) is 14.3. The Bertz CT molecular complexity index is 912. The van der Waals surface area contributed by atoms with Crippen LogP contribution < -0.4 is 5.32 Å². The fourth-order valence-corrected chi connectivity index (χ4v) is 5.93. The van der Waals surface area contributed by atoms with Crippen molar-refractivity contribution in [2.75, 3.05) is 5.75 Å². The van der Waals surface area contributed by atoms with E-state index in [9.17, 15) is 29.7 Å². The zero-order valence-corrected chi connectivity index (χ0v) is 19.0. The first-order valence-electron chi connectivity index (χ1n) is 10.1. The minimum Gasteiger partial charge on any atom is -0.481 e. The second-order valence-electron chi connectivity index (χ2n) is 9.42. The number of fused-ring (bicyclic) bond motifs is 1. The second kappa shape index (κ2) is 8.02. The highest BCUT2D eigenvalue weighted by molar-refractivity contribution is 7.99. The molecule has 0 spiro atoms. The van der Waals surface area contributed by atoms with Crippen molar-refractivity contribution in [3.8, 4) is 0 Å². The summed E-state index contributed by atoms with van der Waals surface area (Å²) in [6, 6.07) is 5.86. The molecule has 6 unspecified atom stereocenters. The van der Waals surface area contributed by atoms with Crippen molar-refractivity contribution in [1.82, 2.24) is 5.32 Å². The molecule has 8 nitrogen and oxygen atoms in total. The van der Waals surface area contributed by atoms with Crippen molar-refractivity contribution in [2.45, 2.75) is 56.8 Å². The molecule has 170 valence electrons. The third-order valence-electron chi connectivity index (χ3n) is 6.25. The number of carboxylic acids is 2. The largest absolute Gasteiger partial charge is 0.481 e. The summed E-state index contributed by atoms with van der Waals surface area (Å²) in [5, 5.41) is 33.1. The van der Waals surface area contributed by atoms with Crippen LogP contribution in [0.5, 0.6) is 0 Å². The molecule has 0 aromatic heterocycles. The molecule has 6 atom stereocenters. The molecular formula is C22H29NO7S. The number of aryl methyl sites for hydroxylation is 2. The summed E-state index contributed by atoms with van der Waals surface area (Å²) >= 11 is 1.37. The predicted octanol–water partition coefficient (Wildman–Crippen LogP) is 2.68. The van der Waals surface area contributed by atoms with Crippen molar-refractivity contribution in [3.05, 3.63) is 29.3 Å². The van der Waals surface area contributed by atoms with Crippen LogP contribution in [-0.2, 0) is 14.3 Å². The molecule has 31 heavy (non-hydrogen) atoms. The highest BCUT2D eigenvalue weighted by atomic mass is 32.2. The highest BCUT2D eigenvalue weighted by Gasteiger charge is 2.79. The molecule has 1 amide bonds. The number of aliphatic hydroxyl groups excluding tert-OH is 1. The smallest absolute Gasteiger partial charge is 0.408 e. The number of carboxylic acid groups (broad SMARTS) is 2. The number of ether oxygens (including phenoxy) is 1. The van der Waals surface area contributed by atoms with Crippen LogP contribution in [0.15, 0.2) is 23.1 Å². The van der Waals surface area contributed by atoms with Crippen molar-refractivity contribution in [1.29, 1.82) is 0 Å². The molecule has 2 saturated carbocycles. The van der Waals surface area contributed by atoms with E-state index in [4.69, 9.17) is 4.74 Å². The summed E-state index contributed by atoms with van der Waals surface area (Å²) in [5.41, 5.74) is -0.577. The standard InChI is InChI=1S/C22H29NO7S/c1-10-6-7-12(8-11(10)2)31-9-13-17(24)14-15(18(25)26)16(14)22(13,19(27)28)23-20(29)30-21(3,4)5/h6-8,13-17,24H,9H2,1-5H3,(H,23,29)(H,25,26)(H,27,28). The molecule has 9 heteroatoms. The molecule has 2 aliphatic rings. The highest BCUT2D eigenvalue weighted by Crippen LogP contribution is 2.65. The molecular weight excluding hydrogens is 422 g/mol. The van der Waals surface area contributed by atoms with Gasteiger partial charge in [-0.05, 0) is 57.9 Å². The molecule has 0 bridgehead atoms. The number of aliphatic hydroxyl groups is 1. The molecule has 1 aromatic carbocycles. The Labute approximate surface area is 185 Å². The zero-order valence-electron chi connectivity index (χ0n) is 18.2. The summed E-state index contributed by atoms with van der Waals surface area (Å²) in [6.07, 6.45) is -2.11. The van der Waals surface area contributed by atoms with Gasteiger partial charge in [0, 0.05) is 28.4 Å². The van der Waals surface area contributed by atoms with Crippen LogP contribution in [0.25, 0.3) is 0 Å². The lowest BCUT2D eigenvalue weighted by Crippen LogP contribution is -2.63. The first kappa shape index (κ1) is 23.4. The average Bonchev–Trinajstić information content (AvgIpc) is 3.32. The minimum atomic E-state index is -1.93. The van der Waals surface area contributed by atoms with Crippen LogP contribution in [-0.4, -0.2) is 56.3 Å². The topological polar surface area (TPSA) is 133 Å². The fourth-order valence-electron chi connectivity index (χ4n) is 4.67. The molecule has 0 aliphatic heterocycles. The lowest BCUT2D eigenvalue weighted by atomic mass is 9.80. The number of hydrogen-bond donors (Lipinski definition) is 4. The van der Waals surface area contributed by atoms with Crippen molar-refractivity contribution in [3.63, 3.8) is 0 Å². The SMILES string of the molecule is Cc1ccc(SCC2C(O)C3C(C(=O)O)C3C2(NC(=O)OC(C)(C)C)C(=O)O)cc1C. The number of carbonyl (C=O) groups excluding carboxylic acids is 1. The molecule has 0 heterocycles. The van der Waals surface area contributed by atoms with E-state index in [1.807, 2.05) is 32.0 Å². The van der Waals surface area contributed by atoms with Crippen LogP contribution in [0.1, 0.15) is 31.9 Å². The molecule has 3 rings (SSSR count). The number of benzene rings is 1. The molecule has 2 aliphatic carbocycles. The number of thioether (sulfide) groups is 1. The summed E-state index contributed by atoms with van der Waals surface area (Å²) in [6.45, 7) is 8.91. The van der Waals surface area contributed by atoms with Crippen molar-refractivity contribution in [2.24, 2.45) is 23.7 Å². The van der Waals surface area contributed by atoms with Gasteiger partial charge in [-0.25, -0.2) is 9.59 Å². The Morgan fingerprint density at radius 3 is 2.32 bits per heavy atom. The maximum Gasteiger partial charge on any atom is 0.408 e. The Morgan fingerprint density at radius 2 is 1.81 bits per heavy atom. The van der Waals surface area contributed by atoms with Crippen LogP contribution in [0, 0.1) is 37.5 Å². The van der Waals surface area contributed by atoms with Gasteiger partial charge in [0.15, 0.2) is 5.54 Å². The Hall–Kier alpha value is -2.26. The van der Waals surface area contributed by atoms with Gasteiger partial charge in [0.05, 0.1) is 12.0 Å². The normalized spacial score (nSPS) is 31.6. The first-order valence-corrected chi connectivity index (χ1v) is 11.1. The maximum atomic E-state index is 12.5. The number of hydrogen-bond acceptors (Lipinski definition) is 6. The van der Waals surface area contributed by atoms with Gasteiger partial charge < -0.3 is 25.4 Å². The third kappa shape index (κ3) is 4.25. The summed E-state index contributed by atoms with van der Waals surface area (Å²) in [4.78, 5) is 37.6. The zero-order chi connectivity index (χ0) is 23.3. The molecule has 2 fully saturated rings. The average molecular weight is 452 g/mol. The molecule has 0 saturated heterocycles. The van der Waals surface area contributed by atoms with E-state index in [0.29, 0.717) is 0 Å². The Balaban J connectivity index is 1.91. The Kier molecular flexibility index (Phi) is 6.05. The van der Waals surface area contributed by atoms with E-state index in [1.165, 1.54) is 11.8 Å². The summed E-state index contributed by atoms with van der Waals surface area (Å²) in [7, 11) is 0. The molecule has 0 radical (unpaired) electrons. The number of nitrogens with one attached hydrogen (secondary N) is 1. The van der Waals surface area contributed by atoms with E-state index in [2.05, 4.69) is 5.32 Å². The monoisotopic (exact) mass is 451 g/mol. The molecule has 4 N–H and O–H groups in total. The van der Waals surface area contributed by atoms with E-state index >= 15 is 0 Å². The third-order valence-corrected chi connectivity index (χ3v) is 7.36. The van der Waals surface area contributed by atoms with Crippen LogP contribution >= 0.6 is 11.8 Å². The van der Waals surface area contributed by atoms with Crippen LogP contribution in [0.2, 0.25) is 0 Å². The van der Waals surface area contributed by atoms with Gasteiger partial charge in [-0.3, -0.25) is 4.79 Å². The van der Waals surface area contributed by atoms with E-state index in [1.54, 1.807) is 20.8 Å². The number of aliphatic carboxylic acids is 2. The summed E-state index contributed by atoms with van der Waals surface area (Å²) < 4.78 is 5.26. The quantitative estimate of drug-likeness (QED) is 0.485. The van der Waals surface area contributed by atoms with Crippen LogP contribution in [0.4, 0.5) is 4.79 Å². The predicted molar refractivity (Wildman–Crippen MR) is 114 cm³/mol. The van der Waals surface area contributed by atoms with Gasteiger partial charge in [0.1, 0.15) is 5.60 Å². The van der Waals surface area contributed by atoms with Gasteiger partial charge in [-0.1, -0.05) is 6.07 Å². The van der Waals surface area contributed by atoms with E-state index in [-0.39, 0.29) is 5.75 Å². The minimum absolute atomic E-state index is 0.200. The van der Waals surface area contributed by atoms with E-state index in [0.717, 1.165) is 16.0 Å². The van der Waals surface area contributed by atoms with Gasteiger partial charge in [-0.15, -0.1) is 11.8 Å². The fraction of sp³-hybridized carbons (Fsp3) is 0.591. The summed E-state index contributed by atoms with van der Waals surface area (Å²) in [5.74, 6) is -5.88. The number of amides is 1. The maximum absolute atomic E-state index is 12.5. The molecule has 1 aromatic rings.